The first-order chi connectivity index (χ1) is 11.8. The van der Waals surface area contributed by atoms with E-state index in [9.17, 15) is 0 Å². The van der Waals surface area contributed by atoms with Crippen LogP contribution in [0.25, 0.3) is 0 Å². The van der Waals surface area contributed by atoms with Crippen LogP contribution in [-0.4, -0.2) is 23.0 Å². The van der Waals surface area contributed by atoms with E-state index in [-0.39, 0.29) is 0 Å². The van der Waals surface area contributed by atoms with E-state index in [1.807, 2.05) is 13.3 Å². The Hall–Kier alpha value is -1.87. The molecular formula is C21H24N2O. The Labute approximate surface area is 143 Å². The summed E-state index contributed by atoms with van der Waals surface area (Å²) in [6.07, 6.45) is 9.31. The van der Waals surface area contributed by atoms with Gasteiger partial charge in [0.15, 0.2) is 0 Å². The van der Waals surface area contributed by atoms with Gasteiger partial charge < -0.3 is 4.74 Å². The zero-order valence-electron chi connectivity index (χ0n) is 14.3. The van der Waals surface area contributed by atoms with Gasteiger partial charge in [0, 0.05) is 42.5 Å². The molecule has 1 saturated heterocycles. The number of hydrogen-bond donors (Lipinski definition) is 0. The van der Waals surface area contributed by atoms with Gasteiger partial charge in [0.2, 0.25) is 0 Å². The van der Waals surface area contributed by atoms with Crippen molar-refractivity contribution in [3.05, 3.63) is 58.4 Å². The minimum Gasteiger partial charge on any atom is -0.496 e. The Balaban J connectivity index is 1.49. The van der Waals surface area contributed by atoms with Crippen LogP contribution < -0.4 is 4.74 Å². The largest absolute Gasteiger partial charge is 0.496 e. The van der Waals surface area contributed by atoms with Crippen molar-refractivity contribution in [2.24, 2.45) is 0 Å². The third kappa shape index (κ3) is 2.18. The maximum absolute atomic E-state index is 5.73. The molecule has 0 saturated carbocycles. The number of fused-ring (bicyclic) bond motifs is 5. The van der Waals surface area contributed by atoms with E-state index in [4.69, 9.17) is 4.74 Å². The number of aryl methyl sites for hydroxylation is 2. The molecule has 2 aromatic rings. The van der Waals surface area contributed by atoms with Crippen LogP contribution in [0.5, 0.6) is 5.75 Å². The maximum atomic E-state index is 5.73. The summed E-state index contributed by atoms with van der Waals surface area (Å²) in [5.74, 6) is 1.08. The second-order valence-corrected chi connectivity index (χ2v) is 7.45. The van der Waals surface area contributed by atoms with Crippen LogP contribution in [0, 0.1) is 0 Å². The molecule has 1 aliphatic carbocycles. The SMILES string of the molecule is COc1cc2c(cc1CN1[C@H]3CC[C@H]1c1cccnc1C3)CCC2. The molecule has 3 aliphatic rings. The van der Waals surface area contributed by atoms with Crippen LogP contribution in [0.4, 0.5) is 0 Å². The number of aromatic nitrogens is 1. The van der Waals surface area contributed by atoms with Crippen LogP contribution in [0.2, 0.25) is 0 Å². The fourth-order valence-corrected chi connectivity index (χ4v) is 5.04. The van der Waals surface area contributed by atoms with Crippen molar-refractivity contribution in [1.82, 2.24) is 9.88 Å². The van der Waals surface area contributed by atoms with E-state index < -0.39 is 0 Å². The van der Waals surface area contributed by atoms with Crippen LogP contribution >= 0.6 is 0 Å². The molecule has 0 N–H and O–H groups in total. The average molecular weight is 320 g/mol. The Kier molecular flexibility index (Phi) is 3.37. The van der Waals surface area contributed by atoms with Crippen molar-refractivity contribution < 1.29 is 4.74 Å². The van der Waals surface area contributed by atoms with E-state index in [1.165, 1.54) is 60.1 Å². The molecule has 3 heteroatoms. The fraction of sp³-hybridized carbons (Fsp3) is 0.476. The number of ether oxygens (including phenoxy) is 1. The predicted octanol–water partition coefficient (Wildman–Crippen LogP) is 3.84. The molecule has 2 atom stereocenters. The van der Waals surface area contributed by atoms with Crippen molar-refractivity contribution in [2.75, 3.05) is 7.11 Å². The number of pyridine rings is 1. The van der Waals surface area contributed by atoms with Crippen LogP contribution in [-0.2, 0) is 25.8 Å². The summed E-state index contributed by atoms with van der Waals surface area (Å²) in [5.41, 5.74) is 7.17. The topological polar surface area (TPSA) is 25.4 Å². The molecule has 5 rings (SSSR count). The zero-order chi connectivity index (χ0) is 16.1. The monoisotopic (exact) mass is 320 g/mol. The normalized spacial score (nSPS) is 24.7. The molecule has 1 aromatic carbocycles. The van der Waals surface area contributed by atoms with Crippen molar-refractivity contribution in [3.63, 3.8) is 0 Å². The summed E-state index contributed by atoms with van der Waals surface area (Å²) in [7, 11) is 1.81. The summed E-state index contributed by atoms with van der Waals surface area (Å²) >= 11 is 0. The smallest absolute Gasteiger partial charge is 0.123 e. The summed E-state index contributed by atoms with van der Waals surface area (Å²) in [5, 5.41) is 0. The Morgan fingerprint density at radius 3 is 2.96 bits per heavy atom. The van der Waals surface area contributed by atoms with Crippen molar-refractivity contribution >= 4 is 0 Å². The van der Waals surface area contributed by atoms with Gasteiger partial charge in [-0.25, -0.2) is 0 Å². The molecule has 1 aromatic heterocycles. The molecule has 0 unspecified atom stereocenters. The molecule has 0 radical (unpaired) electrons. The Morgan fingerprint density at radius 1 is 1.21 bits per heavy atom. The number of nitrogens with zero attached hydrogens (tertiary/aromatic N) is 2. The molecule has 24 heavy (non-hydrogen) atoms. The molecule has 2 bridgehead atoms. The fourth-order valence-electron chi connectivity index (χ4n) is 5.04. The highest BCUT2D eigenvalue weighted by Gasteiger charge is 2.40. The molecule has 3 heterocycles. The van der Waals surface area contributed by atoms with Gasteiger partial charge >= 0.3 is 0 Å². The average Bonchev–Trinajstić information content (AvgIpc) is 3.17. The quantitative estimate of drug-likeness (QED) is 0.859. The van der Waals surface area contributed by atoms with Gasteiger partial charge in [-0.2, -0.15) is 0 Å². The third-order valence-electron chi connectivity index (χ3n) is 6.20. The molecule has 124 valence electrons. The lowest BCUT2D eigenvalue weighted by Crippen LogP contribution is -2.37. The van der Waals surface area contributed by atoms with Crippen molar-refractivity contribution in [3.8, 4) is 5.75 Å². The number of rotatable bonds is 3. The number of benzene rings is 1. The molecular weight excluding hydrogens is 296 g/mol. The standard InChI is InChI=1S/C21H24N2O/c1-24-21-11-15-5-2-4-14(15)10-16(21)13-23-17-7-8-20(23)18-6-3-9-22-19(18)12-17/h3,6,9-11,17,20H,2,4-5,7-8,12-13H2,1H3/t17-,20-/m0/s1. The number of methoxy groups -OCH3 is 1. The van der Waals surface area contributed by atoms with E-state index in [2.05, 4.69) is 34.1 Å². The highest BCUT2D eigenvalue weighted by molar-refractivity contribution is 5.45. The van der Waals surface area contributed by atoms with E-state index in [0.29, 0.717) is 12.1 Å². The first-order valence-corrected chi connectivity index (χ1v) is 9.21. The first-order valence-electron chi connectivity index (χ1n) is 9.21. The van der Waals surface area contributed by atoms with Gasteiger partial charge in [0.25, 0.3) is 0 Å². The summed E-state index contributed by atoms with van der Waals surface area (Å²) in [6, 6.07) is 10.2. The lowest BCUT2D eigenvalue weighted by molar-refractivity contribution is 0.164. The third-order valence-corrected chi connectivity index (χ3v) is 6.20. The van der Waals surface area contributed by atoms with Crippen molar-refractivity contribution in [1.29, 1.82) is 0 Å². The van der Waals surface area contributed by atoms with E-state index >= 15 is 0 Å². The second-order valence-electron chi connectivity index (χ2n) is 7.45. The van der Waals surface area contributed by atoms with Crippen LogP contribution in [0.1, 0.15) is 53.3 Å². The van der Waals surface area contributed by atoms with Gasteiger partial charge in [-0.15, -0.1) is 0 Å². The second kappa shape index (κ2) is 5.59. The molecule has 0 amide bonds. The van der Waals surface area contributed by atoms with Gasteiger partial charge in [-0.1, -0.05) is 12.1 Å². The Morgan fingerprint density at radius 2 is 2.08 bits per heavy atom. The van der Waals surface area contributed by atoms with Gasteiger partial charge in [0.1, 0.15) is 5.75 Å². The highest BCUT2D eigenvalue weighted by Crippen LogP contribution is 2.44. The predicted molar refractivity (Wildman–Crippen MR) is 94.3 cm³/mol. The molecule has 0 spiro atoms. The lowest BCUT2D eigenvalue weighted by atomic mass is 9.96. The Bertz CT molecular complexity index is 785. The van der Waals surface area contributed by atoms with Crippen LogP contribution in [0.3, 0.4) is 0 Å². The first kappa shape index (κ1) is 14.5. The zero-order valence-corrected chi connectivity index (χ0v) is 14.3. The van der Waals surface area contributed by atoms with Crippen LogP contribution in [0.15, 0.2) is 30.5 Å². The van der Waals surface area contributed by atoms with Crippen molar-refractivity contribution in [2.45, 2.75) is 57.2 Å². The maximum Gasteiger partial charge on any atom is 0.123 e. The van der Waals surface area contributed by atoms with Gasteiger partial charge in [-0.05, 0) is 60.9 Å². The van der Waals surface area contributed by atoms with E-state index in [0.717, 1.165) is 18.7 Å². The summed E-state index contributed by atoms with van der Waals surface area (Å²) < 4.78 is 5.73. The van der Waals surface area contributed by atoms with E-state index in [1.54, 1.807) is 0 Å². The molecule has 1 fully saturated rings. The lowest BCUT2D eigenvalue weighted by Gasteiger charge is -2.36. The minimum atomic E-state index is 0.533. The number of hydrogen-bond acceptors (Lipinski definition) is 3. The molecule has 3 nitrogen and oxygen atoms in total. The summed E-state index contributed by atoms with van der Waals surface area (Å²) in [6.45, 7) is 1.00. The minimum absolute atomic E-state index is 0.533. The van der Waals surface area contributed by atoms with Gasteiger partial charge in [0.05, 0.1) is 7.11 Å². The van der Waals surface area contributed by atoms with Gasteiger partial charge in [-0.3, -0.25) is 9.88 Å². The summed E-state index contributed by atoms with van der Waals surface area (Å²) in [4.78, 5) is 7.33. The highest BCUT2D eigenvalue weighted by atomic mass is 16.5. The molecule has 2 aliphatic heterocycles.